The van der Waals surface area contributed by atoms with Crippen molar-refractivity contribution in [1.82, 2.24) is 0 Å². The third kappa shape index (κ3) is 2.71. The predicted octanol–water partition coefficient (Wildman–Crippen LogP) is 3.99. The number of nitrogens with zero attached hydrogens (tertiary/aromatic N) is 1. The van der Waals surface area contributed by atoms with Gasteiger partial charge in [-0.15, -0.1) is 0 Å². The van der Waals surface area contributed by atoms with Crippen molar-refractivity contribution in [1.29, 1.82) is 0 Å². The minimum atomic E-state index is -4.81. The van der Waals surface area contributed by atoms with Crippen molar-refractivity contribution in [3.05, 3.63) is 58.1 Å². The van der Waals surface area contributed by atoms with Gasteiger partial charge in [0.1, 0.15) is 11.3 Å². The van der Waals surface area contributed by atoms with E-state index in [4.69, 9.17) is 5.11 Å². The van der Waals surface area contributed by atoms with Crippen molar-refractivity contribution >= 4 is 5.69 Å². The number of phenolic OH excluding ortho intramolecular Hbond substituents is 1. The molecule has 0 unspecified atom stereocenters. The van der Waals surface area contributed by atoms with Gasteiger partial charge in [-0.05, 0) is 35.4 Å². The molecule has 0 amide bonds. The zero-order valence-electron chi connectivity index (χ0n) is 9.89. The molecule has 0 spiro atoms. The number of benzene rings is 2. The Morgan fingerprint density at radius 2 is 1.55 bits per heavy atom. The first-order chi connectivity index (χ1) is 9.29. The standard InChI is InChI=1S/C13H8F3NO3/c14-13(15,16)11-7-9(3-6-12(11)17(19)20)8-1-4-10(18)5-2-8/h1-7,18H. The third-order valence-electron chi connectivity index (χ3n) is 2.70. The molecule has 1 N–H and O–H groups in total. The molecule has 0 aromatic heterocycles. The maximum Gasteiger partial charge on any atom is 0.423 e. The Morgan fingerprint density at radius 3 is 2.05 bits per heavy atom. The van der Waals surface area contributed by atoms with Crippen LogP contribution in [-0.4, -0.2) is 10.0 Å². The molecule has 2 aromatic rings. The average molecular weight is 283 g/mol. The zero-order valence-corrected chi connectivity index (χ0v) is 9.89. The topological polar surface area (TPSA) is 63.4 Å². The smallest absolute Gasteiger partial charge is 0.423 e. The molecule has 2 rings (SSSR count). The molecule has 0 aliphatic heterocycles. The van der Waals surface area contributed by atoms with E-state index in [0.29, 0.717) is 5.56 Å². The number of hydrogen-bond acceptors (Lipinski definition) is 3. The fourth-order valence-electron chi connectivity index (χ4n) is 1.76. The van der Waals surface area contributed by atoms with E-state index in [0.717, 1.165) is 12.1 Å². The van der Waals surface area contributed by atoms with Crippen LogP contribution in [0.1, 0.15) is 5.56 Å². The molecule has 0 saturated carbocycles. The Morgan fingerprint density at radius 1 is 1.00 bits per heavy atom. The summed E-state index contributed by atoms with van der Waals surface area (Å²) in [6.45, 7) is 0. The number of hydrogen-bond donors (Lipinski definition) is 1. The van der Waals surface area contributed by atoms with Gasteiger partial charge in [-0.2, -0.15) is 13.2 Å². The molecular weight excluding hydrogens is 275 g/mol. The van der Waals surface area contributed by atoms with Crippen LogP contribution in [0.4, 0.5) is 18.9 Å². The van der Waals surface area contributed by atoms with Gasteiger partial charge in [-0.1, -0.05) is 12.1 Å². The molecule has 0 saturated heterocycles. The fraction of sp³-hybridized carbons (Fsp3) is 0.0769. The van der Waals surface area contributed by atoms with Crippen molar-refractivity contribution < 1.29 is 23.2 Å². The van der Waals surface area contributed by atoms with Crippen molar-refractivity contribution in [2.75, 3.05) is 0 Å². The van der Waals surface area contributed by atoms with Crippen molar-refractivity contribution in [2.24, 2.45) is 0 Å². The van der Waals surface area contributed by atoms with Crippen LogP contribution in [0.3, 0.4) is 0 Å². The molecular formula is C13H8F3NO3. The molecule has 104 valence electrons. The molecule has 0 atom stereocenters. The van der Waals surface area contributed by atoms with Crippen LogP contribution < -0.4 is 0 Å². The maximum absolute atomic E-state index is 12.8. The SMILES string of the molecule is O=[N+]([O-])c1ccc(-c2ccc(O)cc2)cc1C(F)(F)F. The number of halogens is 3. The summed E-state index contributed by atoms with van der Waals surface area (Å²) in [6, 6.07) is 8.29. The number of rotatable bonds is 2. The van der Waals surface area contributed by atoms with E-state index < -0.39 is 22.4 Å². The van der Waals surface area contributed by atoms with Gasteiger partial charge in [-0.3, -0.25) is 10.1 Å². The van der Waals surface area contributed by atoms with Crippen molar-refractivity contribution in [3.8, 4) is 16.9 Å². The minimum Gasteiger partial charge on any atom is -0.508 e. The molecule has 0 aliphatic carbocycles. The fourth-order valence-corrected chi connectivity index (χ4v) is 1.76. The summed E-state index contributed by atoms with van der Waals surface area (Å²) in [5, 5.41) is 19.8. The highest BCUT2D eigenvalue weighted by atomic mass is 19.4. The minimum absolute atomic E-state index is 0.0216. The number of aromatic hydroxyl groups is 1. The van der Waals surface area contributed by atoms with Gasteiger partial charge >= 0.3 is 6.18 Å². The highest BCUT2D eigenvalue weighted by Crippen LogP contribution is 2.38. The summed E-state index contributed by atoms with van der Waals surface area (Å²) in [6.07, 6.45) is -4.81. The second kappa shape index (κ2) is 4.84. The first-order valence-electron chi connectivity index (χ1n) is 5.44. The summed E-state index contributed by atoms with van der Waals surface area (Å²) in [4.78, 5) is 9.57. The van der Waals surface area contributed by atoms with Gasteiger partial charge in [0.15, 0.2) is 0 Å². The third-order valence-corrected chi connectivity index (χ3v) is 2.70. The van der Waals surface area contributed by atoms with E-state index in [2.05, 4.69) is 0 Å². The Bertz CT molecular complexity index is 651. The Hall–Kier alpha value is -2.57. The molecule has 0 aliphatic rings. The molecule has 0 fully saturated rings. The average Bonchev–Trinajstić information content (AvgIpc) is 2.38. The summed E-state index contributed by atoms with van der Waals surface area (Å²) < 4.78 is 38.5. The molecule has 20 heavy (non-hydrogen) atoms. The second-order valence-electron chi connectivity index (χ2n) is 4.03. The number of nitro benzene ring substituents is 1. The largest absolute Gasteiger partial charge is 0.508 e. The van der Waals surface area contributed by atoms with Gasteiger partial charge in [0.2, 0.25) is 0 Å². The van der Waals surface area contributed by atoms with Crippen LogP contribution >= 0.6 is 0 Å². The summed E-state index contributed by atoms with van der Waals surface area (Å²) in [5.41, 5.74) is -1.68. The highest BCUT2D eigenvalue weighted by Gasteiger charge is 2.38. The van der Waals surface area contributed by atoms with Crippen LogP contribution in [0.2, 0.25) is 0 Å². The molecule has 4 nitrogen and oxygen atoms in total. The first kappa shape index (κ1) is 13.9. The Balaban J connectivity index is 2.58. The summed E-state index contributed by atoms with van der Waals surface area (Å²) in [5.74, 6) is -0.0216. The quantitative estimate of drug-likeness (QED) is 0.669. The summed E-state index contributed by atoms with van der Waals surface area (Å²) >= 11 is 0. The van der Waals surface area contributed by atoms with Gasteiger partial charge in [0.25, 0.3) is 5.69 Å². The zero-order chi connectivity index (χ0) is 14.9. The lowest BCUT2D eigenvalue weighted by Crippen LogP contribution is -2.09. The van der Waals surface area contributed by atoms with Crippen LogP contribution in [0, 0.1) is 10.1 Å². The molecule has 2 aromatic carbocycles. The van der Waals surface area contributed by atoms with E-state index in [-0.39, 0.29) is 11.3 Å². The Labute approximate surface area is 111 Å². The summed E-state index contributed by atoms with van der Waals surface area (Å²) in [7, 11) is 0. The predicted molar refractivity (Wildman–Crippen MR) is 65.2 cm³/mol. The monoisotopic (exact) mass is 283 g/mol. The van der Waals surface area contributed by atoms with Gasteiger partial charge in [0, 0.05) is 6.07 Å². The molecule has 0 bridgehead atoms. The van der Waals surface area contributed by atoms with Crippen LogP contribution in [0.15, 0.2) is 42.5 Å². The highest BCUT2D eigenvalue weighted by molar-refractivity contribution is 5.67. The molecule has 0 radical (unpaired) electrons. The van der Waals surface area contributed by atoms with E-state index in [1.807, 2.05) is 0 Å². The number of phenols is 1. The maximum atomic E-state index is 12.8. The lowest BCUT2D eigenvalue weighted by Gasteiger charge is -2.10. The van der Waals surface area contributed by atoms with Crippen LogP contribution in [0.25, 0.3) is 11.1 Å². The molecule has 7 heteroatoms. The van der Waals surface area contributed by atoms with Gasteiger partial charge in [-0.25, -0.2) is 0 Å². The molecule has 0 heterocycles. The first-order valence-corrected chi connectivity index (χ1v) is 5.44. The lowest BCUT2D eigenvalue weighted by atomic mass is 10.0. The Kier molecular flexibility index (Phi) is 3.35. The van der Waals surface area contributed by atoms with Gasteiger partial charge < -0.3 is 5.11 Å². The van der Waals surface area contributed by atoms with Crippen LogP contribution in [-0.2, 0) is 6.18 Å². The van der Waals surface area contributed by atoms with Crippen molar-refractivity contribution in [2.45, 2.75) is 6.18 Å². The number of nitro groups is 1. The number of alkyl halides is 3. The van der Waals surface area contributed by atoms with E-state index >= 15 is 0 Å². The van der Waals surface area contributed by atoms with E-state index in [9.17, 15) is 23.3 Å². The normalized spacial score (nSPS) is 11.3. The van der Waals surface area contributed by atoms with E-state index in [1.54, 1.807) is 0 Å². The second-order valence-corrected chi connectivity index (χ2v) is 4.03. The van der Waals surface area contributed by atoms with Gasteiger partial charge in [0.05, 0.1) is 4.92 Å². The van der Waals surface area contributed by atoms with Crippen LogP contribution in [0.5, 0.6) is 5.75 Å². The lowest BCUT2D eigenvalue weighted by molar-refractivity contribution is -0.388. The van der Waals surface area contributed by atoms with E-state index in [1.165, 1.54) is 30.3 Å². The van der Waals surface area contributed by atoms with Crippen molar-refractivity contribution in [3.63, 3.8) is 0 Å².